The van der Waals surface area contributed by atoms with E-state index in [0.29, 0.717) is 10.4 Å². The Hall–Kier alpha value is -1.54. The third-order valence-electron chi connectivity index (χ3n) is 4.20. The number of hydrogen-bond acceptors (Lipinski definition) is 2. The van der Waals surface area contributed by atoms with Gasteiger partial charge in [0.05, 0.1) is 5.92 Å². The second-order valence-electron chi connectivity index (χ2n) is 6.21. The number of rotatable bonds is 3. The molecule has 0 radical (unpaired) electrons. The van der Waals surface area contributed by atoms with Gasteiger partial charge in [0.1, 0.15) is 0 Å². The van der Waals surface area contributed by atoms with Gasteiger partial charge in [-0.1, -0.05) is 74.1 Å². The van der Waals surface area contributed by atoms with Gasteiger partial charge >= 0.3 is 0 Å². The molecular formula is C20H22OS. The van der Waals surface area contributed by atoms with Crippen LogP contribution in [-0.2, 0) is 11.2 Å². The van der Waals surface area contributed by atoms with Gasteiger partial charge < -0.3 is 0 Å². The van der Waals surface area contributed by atoms with Crippen LogP contribution in [0.15, 0.2) is 48.5 Å². The molecule has 2 aromatic rings. The van der Waals surface area contributed by atoms with Gasteiger partial charge in [0, 0.05) is 5.25 Å². The zero-order valence-corrected chi connectivity index (χ0v) is 14.0. The van der Waals surface area contributed by atoms with Crippen molar-refractivity contribution in [1.82, 2.24) is 0 Å². The first-order chi connectivity index (χ1) is 10.6. The fourth-order valence-electron chi connectivity index (χ4n) is 3.17. The number of benzene rings is 2. The molecule has 1 aliphatic rings. The van der Waals surface area contributed by atoms with Gasteiger partial charge in [-0.2, -0.15) is 0 Å². The molecule has 0 spiro atoms. The highest BCUT2D eigenvalue weighted by Crippen LogP contribution is 2.38. The topological polar surface area (TPSA) is 17.1 Å². The first-order valence-electron chi connectivity index (χ1n) is 8.04. The fourth-order valence-corrected chi connectivity index (χ4v) is 4.04. The van der Waals surface area contributed by atoms with E-state index in [0.717, 1.165) is 19.3 Å². The summed E-state index contributed by atoms with van der Waals surface area (Å²) in [5.74, 6) is 0.0693. The Morgan fingerprint density at radius 1 is 1.09 bits per heavy atom. The third-order valence-corrected chi connectivity index (χ3v) is 5.19. The van der Waals surface area contributed by atoms with Crippen molar-refractivity contribution in [2.45, 2.75) is 44.3 Å². The summed E-state index contributed by atoms with van der Waals surface area (Å²) in [5.41, 5.74) is 5.05. The van der Waals surface area contributed by atoms with Gasteiger partial charge in [0.15, 0.2) is 5.12 Å². The highest BCUT2D eigenvalue weighted by molar-refractivity contribution is 8.14. The minimum Gasteiger partial charge on any atom is -0.287 e. The van der Waals surface area contributed by atoms with Gasteiger partial charge in [-0.15, -0.1) is 0 Å². The number of carbonyl (C=O) groups excluding carboxylic acids is 1. The molecule has 22 heavy (non-hydrogen) atoms. The van der Waals surface area contributed by atoms with Crippen LogP contribution in [0.1, 0.15) is 43.7 Å². The molecule has 0 aromatic heterocycles. The van der Waals surface area contributed by atoms with Gasteiger partial charge in [-0.05, 0) is 41.5 Å². The van der Waals surface area contributed by atoms with Crippen molar-refractivity contribution in [3.05, 3.63) is 59.7 Å². The maximum Gasteiger partial charge on any atom is 0.196 e. The first-order valence-corrected chi connectivity index (χ1v) is 8.92. The van der Waals surface area contributed by atoms with E-state index < -0.39 is 0 Å². The summed E-state index contributed by atoms with van der Waals surface area (Å²) in [5, 5.41) is 0.691. The predicted octanol–water partition coefficient (Wildman–Crippen LogP) is 5.44. The van der Waals surface area contributed by atoms with Crippen molar-refractivity contribution in [2.75, 3.05) is 0 Å². The quantitative estimate of drug-likeness (QED) is 0.750. The SMILES string of the molecule is CC(C)SC(=O)C1CCCc2ccc(-c3ccccc3)cc21. The van der Waals surface area contributed by atoms with Gasteiger partial charge in [0.2, 0.25) is 0 Å². The molecule has 0 bridgehead atoms. The van der Waals surface area contributed by atoms with E-state index in [2.05, 4.69) is 56.3 Å². The van der Waals surface area contributed by atoms with Crippen LogP contribution in [-0.4, -0.2) is 10.4 Å². The second kappa shape index (κ2) is 6.70. The lowest BCUT2D eigenvalue weighted by Gasteiger charge is -2.25. The fraction of sp³-hybridized carbons (Fsp3) is 0.350. The summed E-state index contributed by atoms with van der Waals surface area (Å²) in [6.07, 6.45) is 3.21. The maximum absolute atomic E-state index is 12.6. The van der Waals surface area contributed by atoms with E-state index in [9.17, 15) is 4.79 Å². The zero-order valence-electron chi connectivity index (χ0n) is 13.2. The molecule has 3 rings (SSSR count). The Kier molecular flexibility index (Phi) is 4.68. The lowest BCUT2D eigenvalue weighted by molar-refractivity contribution is -0.112. The van der Waals surface area contributed by atoms with Crippen molar-refractivity contribution in [3.8, 4) is 11.1 Å². The van der Waals surface area contributed by atoms with E-state index in [1.165, 1.54) is 34.0 Å². The summed E-state index contributed by atoms with van der Waals surface area (Å²) in [4.78, 5) is 12.6. The standard InChI is InChI=1S/C20H22OS/c1-14(2)22-20(21)18-10-6-9-16-11-12-17(13-19(16)18)15-7-4-3-5-8-15/h3-5,7-8,11-14,18H,6,9-10H2,1-2H3. The molecule has 0 N–H and O–H groups in total. The molecule has 0 fully saturated rings. The molecule has 2 heteroatoms. The lowest BCUT2D eigenvalue weighted by atomic mass is 9.82. The molecule has 0 heterocycles. The normalized spacial score (nSPS) is 17.3. The Morgan fingerprint density at radius 2 is 1.86 bits per heavy atom. The third kappa shape index (κ3) is 3.27. The van der Waals surface area contributed by atoms with Crippen LogP contribution in [0.5, 0.6) is 0 Å². The Labute approximate surface area is 137 Å². The van der Waals surface area contributed by atoms with Crippen molar-refractivity contribution in [3.63, 3.8) is 0 Å². The van der Waals surface area contributed by atoms with Crippen molar-refractivity contribution in [2.24, 2.45) is 0 Å². The van der Waals surface area contributed by atoms with Gasteiger partial charge in [-0.25, -0.2) is 0 Å². The Balaban J connectivity index is 1.96. The summed E-state index contributed by atoms with van der Waals surface area (Å²) in [6.45, 7) is 4.18. The average Bonchev–Trinajstić information content (AvgIpc) is 2.54. The van der Waals surface area contributed by atoms with Crippen molar-refractivity contribution in [1.29, 1.82) is 0 Å². The van der Waals surface area contributed by atoms with Crippen LogP contribution >= 0.6 is 11.8 Å². The minimum absolute atomic E-state index is 0.0693. The van der Waals surface area contributed by atoms with Crippen LogP contribution in [0.4, 0.5) is 0 Å². The van der Waals surface area contributed by atoms with Gasteiger partial charge in [0.25, 0.3) is 0 Å². The van der Waals surface area contributed by atoms with E-state index in [-0.39, 0.29) is 5.92 Å². The van der Waals surface area contributed by atoms with Crippen LogP contribution in [0.25, 0.3) is 11.1 Å². The van der Waals surface area contributed by atoms with Crippen LogP contribution in [0.3, 0.4) is 0 Å². The van der Waals surface area contributed by atoms with Crippen LogP contribution < -0.4 is 0 Å². The molecule has 0 aliphatic heterocycles. The van der Waals surface area contributed by atoms with E-state index in [1.54, 1.807) is 0 Å². The summed E-state index contributed by atoms with van der Waals surface area (Å²) in [7, 11) is 0. The minimum atomic E-state index is 0.0693. The zero-order chi connectivity index (χ0) is 15.5. The van der Waals surface area contributed by atoms with Gasteiger partial charge in [-0.3, -0.25) is 4.79 Å². The largest absolute Gasteiger partial charge is 0.287 e. The number of hydrogen-bond donors (Lipinski definition) is 0. The van der Waals surface area contributed by atoms with Crippen molar-refractivity contribution >= 4 is 16.9 Å². The average molecular weight is 310 g/mol. The molecule has 114 valence electrons. The maximum atomic E-state index is 12.6. The van der Waals surface area contributed by atoms with Crippen LogP contribution in [0, 0.1) is 0 Å². The van der Waals surface area contributed by atoms with E-state index in [1.807, 2.05) is 6.07 Å². The molecule has 1 aliphatic carbocycles. The number of thioether (sulfide) groups is 1. The monoisotopic (exact) mass is 310 g/mol. The smallest absolute Gasteiger partial charge is 0.196 e. The number of fused-ring (bicyclic) bond motifs is 1. The molecule has 0 saturated heterocycles. The van der Waals surface area contributed by atoms with E-state index >= 15 is 0 Å². The molecule has 0 amide bonds. The molecule has 1 nitrogen and oxygen atoms in total. The summed E-state index contributed by atoms with van der Waals surface area (Å²) < 4.78 is 0. The molecular weight excluding hydrogens is 288 g/mol. The predicted molar refractivity (Wildman–Crippen MR) is 95.3 cm³/mol. The first kappa shape index (κ1) is 15.4. The Morgan fingerprint density at radius 3 is 2.59 bits per heavy atom. The second-order valence-corrected chi connectivity index (χ2v) is 7.79. The van der Waals surface area contributed by atoms with Crippen LogP contribution in [0.2, 0.25) is 0 Å². The van der Waals surface area contributed by atoms with E-state index in [4.69, 9.17) is 0 Å². The highest BCUT2D eigenvalue weighted by Gasteiger charge is 2.27. The van der Waals surface area contributed by atoms with Crippen molar-refractivity contribution < 1.29 is 4.79 Å². The number of carbonyl (C=O) groups is 1. The Bertz CT molecular complexity index is 661. The molecule has 2 aromatic carbocycles. The summed E-state index contributed by atoms with van der Waals surface area (Å²) >= 11 is 1.49. The highest BCUT2D eigenvalue weighted by atomic mass is 32.2. The number of aryl methyl sites for hydroxylation is 1. The lowest BCUT2D eigenvalue weighted by Crippen LogP contribution is -2.17. The molecule has 0 saturated carbocycles. The molecule has 1 unspecified atom stereocenters. The molecule has 1 atom stereocenters. The summed E-state index contributed by atoms with van der Waals surface area (Å²) in [6, 6.07) is 17.1.